The van der Waals surface area contributed by atoms with Gasteiger partial charge in [0.05, 0.1) is 30.1 Å². The second-order valence-electron chi connectivity index (χ2n) is 4.38. The van der Waals surface area contributed by atoms with Gasteiger partial charge < -0.3 is 4.42 Å². The van der Waals surface area contributed by atoms with Crippen LogP contribution in [0.15, 0.2) is 65.9 Å². The summed E-state index contributed by atoms with van der Waals surface area (Å²) < 4.78 is 6.94. The van der Waals surface area contributed by atoms with E-state index < -0.39 is 0 Å². The third-order valence-electron chi connectivity index (χ3n) is 3.16. The van der Waals surface area contributed by atoms with Gasteiger partial charge in [-0.15, -0.1) is 0 Å². The van der Waals surface area contributed by atoms with Crippen LogP contribution in [-0.2, 0) is 0 Å². The molecule has 0 aromatic carbocycles. The van der Waals surface area contributed by atoms with Crippen LogP contribution in [0.1, 0.15) is 0 Å². The van der Waals surface area contributed by atoms with Crippen molar-refractivity contribution in [3.8, 4) is 22.5 Å². The molecule has 0 atom stereocenters. The van der Waals surface area contributed by atoms with Gasteiger partial charge in [-0.05, 0) is 30.3 Å². The fourth-order valence-corrected chi connectivity index (χ4v) is 2.16. The number of furan rings is 1. The number of hydrogen-bond donors (Lipinski definition) is 0. The Labute approximate surface area is 114 Å². The molecule has 0 aliphatic carbocycles. The number of hydrogen-bond acceptors (Lipinski definition) is 4. The van der Waals surface area contributed by atoms with Crippen LogP contribution in [0.4, 0.5) is 0 Å². The SMILES string of the molecule is c1cc(-c2ccc3ncc(-c4ccoc4)n3n2)ccn1. The van der Waals surface area contributed by atoms with Crippen molar-refractivity contribution in [2.75, 3.05) is 0 Å². The fourth-order valence-electron chi connectivity index (χ4n) is 2.16. The Morgan fingerprint density at radius 3 is 2.65 bits per heavy atom. The second-order valence-corrected chi connectivity index (χ2v) is 4.38. The van der Waals surface area contributed by atoms with Gasteiger partial charge in [0, 0.05) is 23.5 Å². The van der Waals surface area contributed by atoms with E-state index in [-0.39, 0.29) is 0 Å². The molecule has 0 radical (unpaired) electrons. The van der Waals surface area contributed by atoms with Crippen LogP contribution < -0.4 is 0 Å². The van der Waals surface area contributed by atoms with Crippen molar-refractivity contribution >= 4 is 5.65 Å². The van der Waals surface area contributed by atoms with E-state index in [0.29, 0.717) is 0 Å². The Hall–Kier alpha value is -2.95. The molecule has 5 heteroatoms. The van der Waals surface area contributed by atoms with E-state index in [1.165, 1.54) is 0 Å². The van der Waals surface area contributed by atoms with Crippen molar-refractivity contribution in [1.82, 2.24) is 19.6 Å². The monoisotopic (exact) mass is 262 g/mol. The number of fused-ring (bicyclic) bond motifs is 1. The van der Waals surface area contributed by atoms with Crippen LogP contribution in [0, 0.1) is 0 Å². The smallest absolute Gasteiger partial charge is 0.154 e. The van der Waals surface area contributed by atoms with Gasteiger partial charge in [-0.25, -0.2) is 9.50 Å². The zero-order valence-corrected chi connectivity index (χ0v) is 10.5. The highest BCUT2D eigenvalue weighted by atomic mass is 16.3. The summed E-state index contributed by atoms with van der Waals surface area (Å²) in [6.45, 7) is 0. The lowest BCUT2D eigenvalue weighted by atomic mass is 10.2. The van der Waals surface area contributed by atoms with E-state index in [0.717, 1.165) is 28.2 Å². The summed E-state index contributed by atoms with van der Waals surface area (Å²) in [5.74, 6) is 0. The van der Waals surface area contributed by atoms with Crippen molar-refractivity contribution in [3.63, 3.8) is 0 Å². The summed E-state index contributed by atoms with van der Waals surface area (Å²) >= 11 is 0. The van der Waals surface area contributed by atoms with Gasteiger partial charge in [0.2, 0.25) is 0 Å². The molecule has 0 bridgehead atoms. The van der Waals surface area contributed by atoms with Gasteiger partial charge >= 0.3 is 0 Å². The summed E-state index contributed by atoms with van der Waals surface area (Å²) in [7, 11) is 0. The van der Waals surface area contributed by atoms with Crippen LogP contribution in [0.25, 0.3) is 28.2 Å². The van der Waals surface area contributed by atoms with Gasteiger partial charge in [-0.1, -0.05) is 0 Å². The molecule has 0 aliphatic heterocycles. The van der Waals surface area contributed by atoms with E-state index in [1.54, 1.807) is 31.1 Å². The van der Waals surface area contributed by atoms with Crippen LogP contribution in [0.3, 0.4) is 0 Å². The highest BCUT2D eigenvalue weighted by Gasteiger charge is 2.09. The van der Waals surface area contributed by atoms with Crippen molar-refractivity contribution in [2.24, 2.45) is 0 Å². The molecular weight excluding hydrogens is 252 g/mol. The maximum atomic E-state index is 5.12. The number of nitrogens with zero attached hydrogens (tertiary/aromatic N) is 4. The van der Waals surface area contributed by atoms with Crippen LogP contribution in [0.2, 0.25) is 0 Å². The minimum Gasteiger partial charge on any atom is -0.472 e. The lowest BCUT2D eigenvalue weighted by Gasteiger charge is -2.03. The lowest BCUT2D eigenvalue weighted by molar-refractivity contribution is 0.568. The van der Waals surface area contributed by atoms with Crippen molar-refractivity contribution in [1.29, 1.82) is 0 Å². The Balaban J connectivity index is 1.92. The molecule has 0 amide bonds. The average Bonchev–Trinajstić information content (AvgIpc) is 3.16. The van der Waals surface area contributed by atoms with Crippen molar-refractivity contribution in [2.45, 2.75) is 0 Å². The third kappa shape index (κ3) is 1.68. The molecule has 0 saturated heterocycles. The van der Waals surface area contributed by atoms with Crippen LogP contribution in [-0.4, -0.2) is 19.6 Å². The standard InChI is InChI=1S/C15H10N4O/c1-2-15-17-9-14(12-5-8-20-10-12)19(15)18-13(1)11-3-6-16-7-4-11/h1-10H. The summed E-state index contributed by atoms with van der Waals surface area (Å²) in [4.78, 5) is 8.38. The molecular formula is C15H10N4O. The van der Waals surface area contributed by atoms with Gasteiger partial charge in [0.15, 0.2) is 5.65 Å². The molecule has 4 aromatic rings. The summed E-state index contributed by atoms with van der Waals surface area (Å²) in [6, 6.07) is 9.67. The van der Waals surface area contributed by atoms with Crippen molar-refractivity contribution < 1.29 is 4.42 Å². The van der Waals surface area contributed by atoms with E-state index in [9.17, 15) is 0 Å². The second kappa shape index (κ2) is 4.31. The molecule has 4 heterocycles. The largest absolute Gasteiger partial charge is 0.472 e. The molecule has 0 spiro atoms. The fraction of sp³-hybridized carbons (Fsp3) is 0. The highest BCUT2D eigenvalue weighted by Crippen LogP contribution is 2.22. The molecule has 0 unspecified atom stereocenters. The Morgan fingerprint density at radius 1 is 0.950 bits per heavy atom. The predicted octanol–water partition coefficient (Wildman–Crippen LogP) is 3.05. The molecule has 96 valence electrons. The summed E-state index contributed by atoms with van der Waals surface area (Å²) in [5, 5.41) is 4.65. The van der Waals surface area contributed by atoms with Gasteiger partial charge in [0.1, 0.15) is 0 Å². The quantitative estimate of drug-likeness (QED) is 0.557. The third-order valence-corrected chi connectivity index (χ3v) is 3.16. The maximum absolute atomic E-state index is 5.12. The Bertz CT molecular complexity index is 850. The molecule has 4 rings (SSSR count). The topological polar surface area (TPSA) is 56.2 Å². The number of imidazole rings is 1. The first-order valence-corrected chi connectivity index (χ1v) is 6.19. The minimum atomic E-state index is 0.805. The molecule has 0 saturated carbocycles. The van der Waals surface area contributed by atoms with Gasteiger partial charge in [0.25, 0.3) is 0 Å². The van der Waals surface area contributed by atoms with Gasteiger partial charge in [-0.3, -0.25) is 4.98 Å². The molecule has 5 nitrogen and oxygen atoms in total. The van der Waals surface area contributed by atoms with Gasteiger partial charge in [-0.2, -0.15) is 5.10 Å². The number of rotatable bonds is 2. The zero-order chi connectivity index (χ0) is 13.4. The van der Waals surface area contributed by atoms with E-state index in [1.807, 2.05) is 34.8 Å². The Morgan fingerprint density at radius 2 is 1.85 bits per heavy atom. The predicted molar refractivity (Wildman–Crippen MR) is 73.9 cm³/mol. The average molecular weight is 262 g/mol. The molecule has 0 aliphatic rings. The first-order valence-electron chi connectivity index (χ1n) is 6.19. The van der Waals surface area contributed by atoms with Crippen LogP contribution in [0.5, 0.6) is 0 Å². The number of pyridine rings is 1. The molecule has 0 fully saturated rings. The summed E-state index contributed by atoms with van der Waals surface area (Å²) in [6.07, 6.45) is 8.63. The molecule has 0 N–H and O–H groups in total. The molecule has 20 heavy (non-hydrogen) atoms. The number of aromatic nitrogens is 4. The summed E-state index contributed by atoms with van der Waals surface area (Å²) in [5.41, 5.74) is 4.57. The minimum absolute atomic E-state index is 0.805. The zero-order valence-electron chi connectivity index (χ0n) is 10.5. The first kappa shape index (κ1) is 10.9. The van der Waals surface area contributed by atoms with E-state index >= 15 is 0 Å². The highest BCUT2D eigenvalue weighted by molar-refractivity contribution is 5.64. The normalized spacial score (nSPS) is 11.0. The van der Waals surface area contributed by atoms with E-state index in [2.05, 4.69) is 15.1 Å². The Kier molecular flexibility index (Phi) is 2.35. The van der Waals surface area contributed by atoms with Crippen molar-refractivity contribution in [3.05, 3.63) is 61.4 Å². The maximum Gasteiger partial charge on any atom is 0.154 e. The molecule has 4 aromatic heterocycles. The van der Waals surface area contributed by atoms with Crippen LogP contribution >= 0.6 is 0 Å². The lowest BCUT2D eigenvalue weighted by Crippen LogP contribution is -1.96. The first-order chi connectivity index (χ1) is 9.92. The van der Waals surface area contributed by atoms with E-state index in [4.69, 9.17) is 4.42 Å².